The predicted octanol–water partition coefficient (Wildman–Crippen LogP) is 4.42. The van der Waals surface area contributed by atoms with Crippen molar-refractivity contribution < 1.29 is 9.52 Å². The lowest BCUT2D eigenvalue weighted by Crippen LogP contribution is -1.79. The number of rotatable bonds is 1. The molecule has 2 nitrogen and oxygen atoms in total. The molecule has 3 aromatic rings. The SMILES string of the molecule is Cc1cc2oc(C)c(-c3ccccc3)c2cc1O. The first-order valence-electron chi connectivity index (χ1n) is 5.95. The second-order valence-electron chi connectivity index (χ2n) is 4.53. The minimum Gasteiger partial charge on any atom is -0.508 e. The van der Waals surface area contributed by atoms with Gasteiger partial charge in [0.15, 0.2) is 0 Å². The average molecular weight is 238 g/mol. The van der Waals surface area contributed by atoms with Crippen LogP contribution < -0.4 is 0 Å². The van der Waals surface area contributed by atoms with Crippen LogP contribution in [-0.2, 0) is 0 Å². The van der Waals surface area contributed by atoms with Crippen molar-refractivity contribution in [3.05, 3.63) is 53.8 Å². The highest BCUT2D eigenvalue weighted by atomic mass is 16.3. The monoisotopic (exact) mass is 238 g/mol. The minimum absolute atomic E-state index is 0.306. The summed E-state index contributed by atoms with van der Waals surface area (Å²) in [4.78, 5) is 0. The normalized spacial score (nSPS) is 11.0. The number of phenolic OH excluding ortho intramolecular Hbond substituents is 1. The summed E-state index contributed by atoms with van der Waals surface area (Å²) in [6.45, 7) is 3.82. The molecule has 0 spiro atoms. The van der Waals surface area contributed by atoms with Crippen molar-refractivity contribution in [2.45, 2.75) is 13.8 Å². The van der Waals surface area contributed by atoms with Gasteiger partial charge in [0.1, 0.15) is 17.1 Å². The third-order valence-corrected chi connectivity index (χ3v) is 3.25. The van der Waals surface area contributed by atoms with E-state index in [-0.39, 0.29) is 0 Å². The minimum atomic E-state index is 0.306. The molecule has 0 saturated carbocycles. The fourth-order valence-electron chi connectivity index (χ4n) is 2.32. The molecule has 3 rings (SSSR count). The van der Waals surface area contributed by atoms with Gasteiger partial charge in [-0.3, -0.25) is 0 Å². The van der Waals surface area contributed by atoms with Gasteiger partial charge >= 0.3 is 0 Å². The molecule has 0 aliphatic heterocycles. The van der Waals surface area contributed by atoms with E-state index < -0.39 is 0 Å². The van der Waals surface area contributed by atoms with Crippen LogP contribution in [0.25, 0.3) is 22.1 Å². The molecule has 0 fully saturated rings. The Morgan fingerprint density at radius 1 is 1.00 bits per heavy atom. The Balaban J connectivity index is 2.36. The first kappa shape index (κ1) is 10.9. The van der Waals surface area contributed by atoms with Crippen molar-refractivity contribution in [1.82, 2.24) is 0 Å². The van der Waals surface area contributed by atoms with Gasteiger partial charge in [0.05, 0.1) is 0 Å². The smallest absolute Gasteiger partial charge is 0.135 e. The molecule has 2 aromatic carbocycles. The Hall–Kier alpha value is -2.22. The van der Waals surface area contributed by atoms with E-state index in [4.69, 9.17) is 4.42 Å². The highest BCUT2D eigenvalue weighted by molar-refractivity contribution is 5.96. The summed E-state index contributed by atoms with van der Waals surface area (Å²) in [7, 11) is 0. The van der Waals surface area contributed by atoms with E-state index in [1.54, 1.807) is 6.07 Å². The molecule has 1 heterocycles. The number of hydrogen-bond donors (Lipinski definition) is 1. The Bertz CT molecular complexity index is 709. The maximum absolute atomic E-state index is 9.86. The van der Waals surface area contributed by atoms with Gasteiger partial charge in [0, 0.05) is 10.9 Å². The van der Waals surface area contributed by atoms with Crippen molar-refractivity contribution >= 4 is 11.0 Å². The van der Waals surface area contributed by atoms with Crippen LogP contribution in [0.15, 0.2) is 46.9 Å². The number of benzene rings is 2. The molecule has 2 heteroatoms. The largest absolute Gasteiger partial charge is 0.508 e. The van der Waals surface area contributed by atoms with Crippen molar-refractivity contribution in [2.75, 3.05) is 0 Å². The lowest BCUT2D eigenvalue weighted by molar-refractivity contribution is 0.471. The molecule has 0 radical (unpaired) electrons. The van der Waals surface area contributed by atoms with E-state index in [1.807, 2.05) is 50.2 Å². The third-order valence-electron chi connectivity index (χ3n) is 3.25. The average Bonchev–Trinajstić information content (AvgIpc) is 2.66. The first-order valence-corrected chi connectivity index (χ1v) is 5.95. The number of furan rings is 1. The predicted molar refractivity (Wildman–Crippen MR) is 72.8 cm³/mol. The molecule has 1 aromatic heterocycles. The van der Waals surface area contributed by atoms with Gasteiger partial charge < -0.3 is 9.52 Å². The molecular formula is C16H14O2. The molecule has 1 N–H and O–H groups in total. The molecule has 0 bridgehead atoms. The van der Waals surface area contributed by atoms with Crippen LogP contribution in [0.4, 0.5) is 0 Å². The summed E-state index contributed by atoms with van der Waals surface area (Å²) in [6, 6.07) is 13.8. The van der Waals surface area contributed by atoms with Gasteiger partial charge in [0.2, 0.25) is 0 Å². The number of phenols is 1. The molecule has 0 unspecified atom stereocenters. The topological polar surface area (TPSA) is 33.4 Å². The van der Waals surface area contributed by atoms with Gasteiger partial charge in [-0.1, -0.05) is 30.3 Å². The molecular weight excluding hydrogens is 224 g/mol. The van der Waals surface area contributed by atoms with E-state index >= 15 is 0 Å². The van der Waals surface area contributed by atoms with Crippen LogP contribution in [0.1, 0.15) is 11.3 Å². The van der Waals surface area contributed by atoms with E-state index in [1.165, 1.54) is 0 Å². The Morgan fingerprint density at radius 3 is 2.44 bits per heavy atom. The molecule has 0 atom stereocenters. The maximum Gasteiger partial charge on any atom is 0.135 e. The molecule has 0 aliphatic rings. The number of aryl methyl sites for hydroxylation is 2. The highest BCUT2D eigenvalue weighted by Crippen LogP contribution is 2.37. The first-order chi connectivity index (χ1) is 8.66. The van der Waals surface area contributed by atoms with Crippen LogP contribution in [0, 0.1) is 13.8 Å². The standard InChI is InChI=1S/C16H14O2/c1-10-8-15-13(9-14(10)17)16(11(2)18-15)12-6-4-3-5-7-12/h3-9,17H,1-2H3. The van der Waals surface area contributed by atoms with E-state index in [9.17, 15) is 5.11 Å². The fourth-order valence-corrected chi connectivity index (χ4v) is 2.32. The van der Waals surface area contributed by atoms with Gasteiger partial charge in [-0.2, -0.15) is 0 Å². The van der Waals surface area contributed by atoms with Crippen LogP contribution in [0.3, 0.4) is 0 Å². The molecule has 18 heavy (non-hydrogen) atoms. The summed E-state index contributed by atoms with van der Waals surface area (Å²) < 4.78 is 5.78. The molecule has 0 aliphatic carbocycles. The summed E-state index contributed by atoms with van der Waals surface area (Å²) in [5.74, 6) is 1.18. The third kappa shape index (κ3) is 1.58. The Kier molecular flexibility index (Phi) is 2.37. The van der Waals surface area contributed by atoms with Gasteiger partial charge in [-0.05, 0) is 37.1 Å². The lowest BCUT2D eigenvalue weighted by atomic mass is 10.0. The van der Waals surface area contributed by atoms with Crippen molar-refractivity contribution in [2.24, 2.45) is 0 Å². The zero-order valence-corrected chi connectivity index (χ0v) is 10.4. The van der Waals surface area contributed by atoms with Crippen LogP contribution in [-0.4, -0.2) is 5.11 Å². The Labute approximate surface area is 105 Å². The van der Waals surface area contributed by atoms with E-state index in [0.29, 0.717) is 5.75 Å². The van der Waals surface area contributed by atoms with Crippen LogP contribution in [0.5, 0.6) is 5.75 Å². The van der Waals surface area contributed by atoms with E-state index in [2.05, 4.69) is 0 Å². The van der Waals surface area contributed by atoms with Crippen molar-refractivity contribution in [3.63, 3.8) is 0 Å². The Morgan fingerprint density at radius 2 is 1.72 bits per heavy atom. The molecule has 90 valence electrons. The van der Waals surface area contributed by atoms with Gasteiger partial charge in [-0.25, -0.2) is 0 Å². The molecule has 0 saturated heterocycles. The number of hydrogen-bond acceptors (Lipinski definition) is 2. The maximum atomic E-state index is 9.86. The van der Waals surface area contributed by atoms with Gasteiger partial charge in [0.25, 0.3) is 0 Å². The summed E-state index contributed by atoms with van der Waals surface area (Å²) in [5.41, 5.74) is 3.82. The quantitative estimate of drug-likeness (QED) is 0.680. The van der Waals surface area contributed by atoms with Crippen LogP contribution in [0.2, 0.25) is 0 Å². The zero-order valence-electron chi connectivity index (χ0n) is 10.4. The number of fused-ring (bicyclic) bond motifs is 1. The van der Waals surface area contributed by atoms with Gasteiger partial charge in [-0.15, -0.1) is 0 Å². The summed E-state index contributed by atoms with van der Waals surface area (Å²) in [5, 5.41) is 10.8. The summed E-state index contributed by atoms with van der Waals surface area (Å²) >= 11 is 0. The highest BCUT2D eigenvalue weighted by Gasteiger charge is 2.14. The van der Waals surface area contributed by atoms with Crippen LogP contribution >= 0.6 is 0 Å². The van der Waals surface area contributed by atoms with Crippen molar-refractivity contribution in [1.29, 1.82) is 0 Å². The zero-order chi connectivity index (χ0) is 12.7. The second kappa shape index (κ2) is 3.91. The van der Waals surface area contributed by atoms with E-state index in [0.717, 1.165) is 33.4 Å². The fraction of sp³-hybridized carbons (Fsp3) is 0.125. The van der Waals surface area contributed by atoms with Crippen molar-refractivity contribution in [3.8, 4) is 16.9 Å². The molecule has 0 amide bonds. The summed E-state index contributed by atoms with van der Waals surface area (Å²) in [6.07, 6.45) is 0. The lowest BCUT2D eigenvalue weighted by Gasteiger charge is -2.01. The second-order valence-corrected chi connectivity index (χ2v) is 4.53. The number of aromatic hydroxyl groups is 1.